The Morgan fingerprint density at radius 3 is 2.79 bits per heavy atom. The van der Waals surface area contributed by atoms with E-state index in [9.17, 15) is 4.39 Å². The highest BCUT2D eigenvalue weighted by atomic mass is 35.5. The molecule has 3 nitrogen and oxygen atoms in total. The maximum Gasteiger partial charge on any atom is 0.184 e. The lowest BCUT2D eigenvalue weighted by atomic mass is 10.1. The number of ether oxygens (including phenoxy) is 1. The van der Waals surface area contributed by atoms with E-state index < -0.39 is 5.82 Å². The average Bonchev–Trinajstić information content (AvgIpc) is 2.44. The van der Waals surface area contributed by atoms with Crippen LogP contribution in [0, 0.1) is 5.82 Å². The van der Waals surface area contributed by atoms with Gasteiger partial charge in [-0.2, -0.15) is 0 Å². The maximum atomic E-state index is 13.7. The Balaban J connectivity index is 2.18. The van der Waals surface area contributed by atoms with E-state index >= 15 is 0 Å². The number of nitrogens with zero attached hydrogens (tertiary/aromatic N) is 1. The lowest BCUT2D eigenvalue weighted by Gasteiger charge is -2.10. The van der Waals surface area contributed by atoms with Crippen LogP contribution in [0.4, 0.5) is 4.39 Å². The first-order valence-corrected chi connectivity index (χ1v) is 6.33. The van der Waals surface area contributed by atoms with Gasteiger partial charge in [-0.15, -0.1) is 0 Å². The van der Waals surface area contributed by atoms with Gasteiger partial charge >= 0.3 is 0 Å². The Kier molecular flexibility index (Phi) is 4.35. The summed E-state index contributed by atoms with van der Waals surface area (Å²) in [5.41, 5.74) is 6.64. The molecule has 0 aliphatic rings. The summed E-state index contributed by atoms with van der Waals surface area (Å²) in [6, 6.07) is 7.97. The highest BCUT2D eigenvalue weighted by molar-refractivity contribution is 6.30. The van der Waals surface area contributed by atoms with Gasteiger partial charge in [0, 0.05) is 6.04 Å². The summed E-state index contributed by atoms with van der Waals surface area (Å²) in [5.74, 6) is -0.0754. The number of benzene rings is 1. The summed E-state index contributed by atoms with van der Waals surface area (Å²) in [6.45, 7) is 1.98. The molecule has 19 heavy (non-hydrogen) atoms. The van der Waals surface area contributed by atoms with Crippen molar-refractivity contribution in [3.05, 3.63) is 53.1 Å². The molecule has 100 valence electrons. The minimum absolute atomic E-state index is 0.0232. The zero-order chi connectivity index (χ0) is 13.8. The third-order valence-electron chi connectivity index (χ3n) is 2.72. The van der Waals surface area contributed by atoms with Crippen LogP contribution in [0.3, 0.4) is 0 Å². The second kappa shape index (κ2) is 5.99. The Bertz CT molecular complexity index is 560. The van der Waals surface area contributed by atoms with E-state index in [1.165, 1.54) is 18.3 Å². The van der Waals surface area contributed by atoms with Gasteiger partial charge in [-0.25, -0.2) is 4.39 Å². The van der Waals surface area contributed by atoms with E-state index in [2.05, 4.69) is 4.98 Å². The van der Waals surface area contributed by atoms with Crippen molar-refractivity contribution in [2.75, 3.05) is 0 Å². The zero-order valence-electron chi connectivity index (χ0n) is 10.4. The first kappa shape index (κ1) is 13.8. The fourth-order valence-electron chi connectivity index (χ4n) is 1.57. The predicted molar refractivity (Wildman–Crippen MR) is 72.9 cm³/mol. The normalized spacial score (nSPS) is 12.2. The van der Waals surface area contributed by atoms with E-state index in [1.54, 1.807) is 18.2 Å². The largest absolute Gasteiger partial charge is 0.453 e. The summed E-state index contributed by atoms with van der Waals surface area (Å²) in [4.78, 5) is 4.19. The van der Waals surface area contributed by atoms with E-state index in [0.29, 0.717) is 5.75 Å². The number of halogens is 2. The topological polar surface area (TPSA) is 48.1 Å². The molecule has 0 bridgehead atoms. The van der Waals surface area contributed by atoms with Gasteiger partial charge in [-0.1, -0.05) is 24.6 Å². The zero-order valence-corrected chi connectivity index (χ0v) is 11.2. The lowest BCUT2D eigenvalue weighted by molar-refractivity contribution is 0.440. The van der Waals surface area contributed by atoms with E-state index in [1.807, 2.05) is 6.92 Å². The molecule has 1 heterocycles. The molecule has 0 fully saturated rings. The Labute approximate surface area is 116 Å². The molecular formula is C14H14ClFN2O. The number of hydrogen-bond acceptors (Lipinski definition) is 3. The SMILES string of the molecule is CC[C@H](N)c1ccc(Oc2cccc(Cl)c2F)cn1. The molecule has 1 aromatic heterocycles. The quantitative estimate of drug-likeness (QED) is 0.918. The molecule has 0 saturated carbocycles. The molecule has 1 atom stereocenters. The van der Waals surface area contributed by atoms with Crippen LogP contribution in [0.5, 0.6) is 11.5 Å². The van der Waals surface area contributed by atoms with Crippen molar-refractivity contribution in [3.8, 4) is 11.5 Å². The molecule has 2 N–H and O–H groups in total. The van der Waals surface area contributed by atoms with Crippen molar-refractivity contribution >= 4 is 11.6 Å². The first-order chi connectivity index (χ1) is 9.11. The molecule has 0 aliphatic heterocycles. The molecule has 2 rings (SSSR count). The second-order valence-corrected chi connectivity index (χ2v) is 4.49. The van der Waals surface area contributed by atoms with Crippen LogP contribution in [-0.4, -0.2) is 4.98 Å². The standard InChI is InChI=1S/C14H14ClFN2O/c1-2-11(17)12-7-6-9(8-18-12)19-13-5-3-4-10(15)14(13)16/h3-8,11H,2,17H2,1H3/t11-/m0/s1. The minimum Gasteiger partial charge on any atom is -0.453 e. The number of nitrogens with two attached hydrogens (primary N) is 1. The molecule has 0 spiro atoms. The van der Waals surface area contributed by atoms with Crippen LogP contribution >= 0.6 is 11.6 Å². The monoisotopic (exact) mass is 280 g/mol. The van der Waals surface area contributed by atoms with Gasteiger partial charge in [0.25, 0.3) is 0 Å². The van der Waals surface area contributed by atoms with Crippen LogP contribution in [-0.2, 0) is 0 Å². The Hall–Kier alpha value is -1.65. The maximum absolute atomic E-state index is 13.7. The molecule has 0 unspecified atom stereocenters. The average molecular weight is 281 g/mol. The van der Waals surface area contributed by atoms with Gasteiger partial charge in [-0.05, 0) is 30.7 Å². The number of hydrogen-bond donors (Lipinski definition) is 1. The van der Waals surface area contributed by atoms with Crippen molar-refractivity contribution in [2.45, 2.75) is 19.4 Å². The fourth-order valence-corrected chi connectivity index (χ4v) is 1.74. The highest BCUT2D eigenvalue weighted by Gasteiger charge is 2.09. The van der Waals surface area contributed by atoms with Gasteiger partial charge in [-0.3, -0.25) is 4.98 Å². The van der Waals surface area contributed by atoms with Gasteiger partial charge in [0.05, 0.1) is 16.9 Å². The van der Waals surface area contributed by atoms with E-state index in [4.69, 9.17) is 22.1 Å². The molecule has 0 amide bonds. The summed E-state index contributed by atoms with van der Waals surface area (Å²) >= 11 is 5.68. The highest BCUT2D eigenvalue weighted by Crippen LogP contribution is 2.28. The lowest BCUT2D eigenvalue weighted by Crippen LogP contribution is -2.10. The smallest absolute Gasteiger partial charge is 0.184 e. The second-order valence-electron chi connectivity index (χ2n) is 4.09. The molecule has 0 radical (unpaired) electrons. The summed E-state index contributed by atoms with van der Waals surface area (Å²) in [7, 11) is 0. The molecule has 1 aromatic carbocycles. The van der Waals surface area contributed by atoms with Crippen molar-refractivity contribution in [1.82, 2.24) is 4.98 Å². The predicted octanol–water partition coefficient (Wildman–Crippen LogP) is 4.08. The van der Waals surface area contributed by atoms with Crippen molar-refractivity contribution in [3.63, 3.8) is 0 Å². The van der Waals surface area contributed by atoms with Crippen LogP contribution in [0.1, 0.15) is 25.1 Å². The van der Waals surface area contributed by atoms with Crippen LogP contribution < -0.4 is 10.5 Å². The fraction of sp³-hybridized carbons (Fsp3) is 0.214. The molecular weight excluding hydrogens is 267 g/mol. The number of rotatable bonds is 4. The van der Waals surface area contributed by atoms with Gasteiger partial charge in [0.15, 0.2) is 11.6 Å². The van der Waals surface area contributed by atoms with E-state index in [0.717, 1.165) is 12.1 Å². The summed E-state index contributed by atoms with van der Waals surface area (Å²) in [5, 5.41) is 0.0232. The summed E-state index contributed by atoms with van der Waals surface area (Å²) in [6.07, 6.45) is 2.32. The summed E-state index contributed by atoms with van der Waals surface area (Å²) < 4.78 is 19.0. The minimum atomic E-state index is -0.585. The van der Waals surface area contributed by atoms with Crippen LogP contribution in [0.25, 0.3) is 0 Å². The van der Waals surface area contributed by atoms with Gasteiger partial charge in [0.2, 0.25) is 0 Å². The molecule has 2 aromatic rings. The van der Waals surface area contributed by atoms with E-state index in [-0.39, 0.29) is 16.8 Å². The third kappa shape index (κ3) is 3.22. The number of aromatic nitrogens is 1. The Morgan fingerprint density at radius 2 is 2.16 bits per heavy atom. The van der Waals surface area contributed by atoms with Crippen LogP contribution in [0.2, 0.25) is 5.02 Å². The van der Waals surface area contributed by atoms with Gasteiger partial charge < -0.3 is 10.5 Å². The number of pyridine rings is 1. The van der Waals surface area contributed by atoms with Crippen molar-refractivity contribution < 1.29 is 9.13 Å². The molecule has 0 aliphatic carbocycles. The first-order valence-electron chi connectivity index (χ1n) is 5.95. The molecule has 0 saturated heterocycles. The van der Waals surface area contributed by atoms with Gasteiger partial charge in [0.1, 0.15) is 5.75 Å². The van der Waals surface area contributed by atoms with Crippen molar-refractivity contribution in [2.24, 2.45) is 5.73 Å². The Morgan fingerprint density at radius 1 is 1.37 bits per heavy atom. The van der Waals surface area contributed by atoms with Crippen LogP contribution in [0.15, 0.2) is 36.5 Å². The molecule has 5 heteroatoms. The van der Waals surface area contributed by atoms with Crippen molar-refractivity contribution in [1.29, 1.82) is 0 Å². The third-order valence-corrected chi connectivity index (χ3v) is 3.01.